The molecule has 1 saturated heterocycles. The van der Waals surface area contributed by atoms with E-state index < -0.39 is 0 Å². The van der Waals surface area contributed by atoms with Crippen LogP contribution in [-0.4, -0.2) is 52.9 Å². The average molecular weight is 333 g/mol. The normalized spacial score (nSPS) is 14.7. The summed E-state index contributed by atoms with van der Waals surface area (Å²) < 4.78 is 0. The van der Waals surface area contributed by atoms with Gasteiger partial charge in [0.15, 0.2) is 0 Å². The van der Waals surface area contributed by atoms with Crippen LogP contribution in [0.3, 0.4) is 0 Å². The molecular weight excluding hydrogens is 316 g/mol. The third-order valence-electron chi connectivity index (χ3n) is 3.78. The zero-order valence-electron chi connectivity index (χ0n) is 12.5. The SMILES string of the molecule is O=C(Nc1ccc(Cl)cc1)N1CCN(C(=O)c2ccc[nH]2)CC1. The third kappa shape index (κ3) is 3.65. The Morgan fingerprint density at radius 2 is 1.65 bits per heavy atom. The Hall–Kier alpha value is -2.47. The zero-order valence-corrected chi connectivity index (χ0v) is 13.2. The molecule has 3 amide bonds. The highest BCUT2D eigenvalue weighted by Crippen LogP contribution is 2.15. The number of carbonyl (C=O) groups excluding carboxylic acids is 2. The van der Waals surface area contributed by atoms with Crippen LogP contribution in [0, 0.1) is 0 Å². The number of nitrogens with zero attached hydrogens (tertiary/aromatic N) is 2. The predicted molar refractivity (Wildman–Crippen MR) is 88.7 cm³/mol. The number of anilines is 1. The van der Waals surface area contributed by atoms with E-state index in [1.54, 1.807) is 52.4 Å². The van der Waals surface area contributed by atoms with Gasteiger partial charge >= 0.3 is 6.03 Å². The number of piperazine rings is 1. The first-order valence-electron chi connectivity index (χ1n) is 7.37. The monoisotopic (exact) mass is 332 g/mol. The molecule has 3 rings (SSSR count). The lowest BCUT2D eigenvalue weighted by Crippen LogP contribution is -2.51. The molecular formula is C16H17ClN4O2. The van der Waals surface area contributed by atoms with Crippen molar-refractivity contribution in [2.24, 2.45) is 0 Å². The van der Waals surface area contributed by atoms with Gasteiger partial charge in [-0.1, -0.05) is 11.6 Å². The van der Waals surface area contributed by atoms with Crippen molar-refractivity contribution in [3.05, 3.63) is 53.3 Å². The number of nitrogens with one attached hydrogen (secondary N) is 2. The van der Waals surface area contributed by atoms with Gasteiger partial charge in [0, 0.05) is 43.1 Å². The number of aromatic amines is 1. The average Bonchev–Trinajstić information content (AvgIpc) is 3.11. The predicted octanol–water partition coefficient (Wildman–Crippen LogP) is 2.66. The molecule has 120 valence electrons. The number of carbonyl (C=O) groups is 2. The lowest BCUT2D eigenvalue weighted by molar-refractivity contribution is 0.0666. The maximum atomic E-state index is 12.2. The molecule has 0 saturated carbocycles. The standard InChI is InChI=1S/C16H17ClN4O2/c17-12-3-5-13(6-4-12)19-16(23)21-10-8-20(9-11-21)15(22)14-2-1-7-18-14/h1-7,18H,8-11H2,(H,19,23). The Morgan fingerprint density at radius 3 is 2.26 bits per heavy atom. The molecule has 2 N–H and O–H groups in total. The summed E-state index contributed by atoms with van der Waals surface area (Å²) in [6, 6.07) is 10.3. The van der Waals surface area contributed by atoms with E-state index in [-0.39, 0.29) is 11.9 Å². The Morgan fingerprint density at radius 1 is 1.00 bits per heavy atom. The Balaban J connectivity index is 1.53. The number of benzene rings is 1. The second-order valence-electron chi connectivity index (χ2n) is 5.30. The fourth-order valence-electron chi connectivity index (χ4n) is 2.48. The highest BCUT2D eigenvalue weighted by Gasteiger charge is 2.25. The molecule has 2 aromatic rings. The maximum Gasteiger partial charge on any atom is 0.321 e. The van der Waals surface area contributed by atoms with Gasteiger partial charge in [-0.3, -0.25) is 4.79 Å². The van der Waals surface area contributed by atoms with Gasteiger partial charge in [0.05, 0.1) is 0 Å². The van der Waals surface area contributed by atoms with E-state index in [4.69, 9.17) is 11.6 Å². The Labute approximate surface area is 139 Å². The van der Waals surface area contributed by atoms with Crippen molar-refractivity contribution >= 4 is 29.2 Å². The van der Waals surface area contributed by atoms with Crippen LogP contribution >= 0.6 is 11.6 Å². The van der Waals surface area contributed by atoms with Gasteiger partial charge in [0.1, 0.15) is 5.69 Å². The van der Waals surface area contributed by atoms with Gasteiger partial charge in [-0.05, 0) is 36.4 Å². The summed E-state index contributed by atoms with van der Waals surface area (Å²) in [4.78, 5) is 30.8. The zero-order chi connectivity index (χ0) is 16.2. The summed E-state index contributed by atoms with van der Waals surface area (Å²) in [5, 5.41) is 3.45. The minimum atomic E-state index is -0.167. The van der Waals surface area contributed by atoms with Crippen LogP contribution in [0.4, 0.5) is 10.5 Å². The van der Waals surface area contributed by atoms with Crippen LogP contribution < -0.4 is 5.32 Å². The number of halogens is 1. The first-order valence-corrected chi connectivity index (χ1v) is 7.75. The van der Waals surface area contributed by atoms with Crippen molar-refractivity contribution in [1.82, 2.24) is 14.8 Å². The van der Waals surface area contributed by atoms with Crippen molar-refractivity contribution < 1.29 is 9.59 Å². The van der Waals surface area contributed by atoms with Gasteiger partial charge in [-0.25, -0.2) is 4.79 Å². The second kappa shape index (κ2) is 6.75. The van der Waals surface area contributed by atoms with E-state index in [1.165, 1.54) is 0 Å². The molecule has 0 radical (unpaired) electrons. The topological polar surface area (TPSA) is 68.4 Å². The molecule has 1 aromatic heterocycles. The van der Waals surface area contributed by atoms with E-state index >= 15 is 0 Å². The summed E-state index contributed by atoms with van der Waals surface area (Å²) in [7, 11) is 0. The lowest BCUT2D eigenvalue weighted by atomic mass is 10.3. The quantitative estimate of drug-likeness (QED) is 0.887. The molecule has 0 atom stereocenters. The van der Waals surface area contributed by atoms with Crippen LogP contribution in [-0.2, 0) is 0 Å². The number of amides is 3. The van der Waals surface area contributed by atoms with Crippen molar-refractivity contribution in [3.63, 3.8) is 0 Å². The number of rotatable bonds is 2. The van der Waals surface area contributed by atoms with Crippen LogP contribution in [0.1, 0.15) is 10.5 Å². The van der Waals surface area contributed by atoms with E-state index in [9.17, 15) is 9.59 Å². The van der Waals surface area contributed by atoms with E-state index in [0.29, 0.717) is 42.6 Å². The summed E-state index contributed by atoms with van der Waals surface area (Å²) in [5.74, 6) is -0.0345. The largest absolute Gasteiger partial charge is 0.357 e. The van der Waals surface area contributed by atoms with Crippen LogP contribution in [0.2, 0.25) is 5.02 Å². The molecule has 0 bridgehead atoms. The minimum Gasteiger partial charge on any atom is -0.357 e. The molecule has 1 fully saturated rings. The second-order valence-corrected chi connectivity index (χ2v) is 5.74. The molecule has 7 heteroatoms. The smallest absolute Gasteiger partial charge is 0.321 e. The molecule has 23 heavy (non-hydrogen) atoms. The van der Waals surface area contributed by atoms with Crippen molar-refractivity contribution in [1.29, 1.82) is 0 Å². The minimum absolute atomic E-state index is 0.0345. The summed E-state index contributed by atoms with van der Waals surface area (Å²) >= 11 is 5.82. The Kier molecular flexibility index (Phi) is 4.52. The molecule has 0 unspecified atom stereocenters. The maximum absolute atomic E-state index is 12.2. The number of hydrogen-bond donors (Lipinski definition) is 2. The lowest BCUT2D eigenvalue weighted by Gasteiger charge is -2.34. The van der Waals surface area contributed by atoms with Crippen molar-refractivity contribution in [3.8, 4) is 0 Å². The van der Waals surface area contributed by atoms with E-state index in [1.807, 2.05) is 0 Å². The number of urea groups is 1. The molecule has 1 aromatic carbocycles. The third-order valence-corrected chi connectivity index (χ3v) is 4.03. The van der Waals surface area contributed by atoms with Crippen molar-refractivity contribution in [2.75, 3.05) is 31.5 Å². The van der Waals surface area contributed by atoms with Gasteiger partial charge in [-0.15, -0.1) is 0 Å². The molecule has 2 heterocycles. The summed E-state index contributed by atoms with van der Waals surface area (Å²) in [5.41, 5.74) is 1.27. The van der Waals surface area contributed by atoms with Gasteiger partial charge in [0.25, 0.3) is 5.91 Å². The molecule has 0 aliphatic carbocycles. The first kappa shape index (κ1) is 15.4. The van der Waals surface area contributed by atoms with Gasteiger partial charge < -0.3 is 20.1 Å². The summed E-state index contributed by atoms with van der Waals surface area (Å²) in [6.45, 7) is 2.05. The number of hydrogen-bond acceptors (Lipinski definition) is 2. The number of aromatic nitrogens is 1. The van der Waals surface area contributed by atoms with Crippen LogP contribution in [0.25, 0.3) is 0 Å². The molecule has 1 aliphatic heterocycles. The highest BCUT2D eigenvalue weighted by molar-refractivity contribution is 6.30. The van der Waals surface area contributed by atoms with Gasteiger partial charge in [-0.2, -0.15) is 0 Å². The first-order chi connectivity index (χ1) is 11.1. The summed E-state index contributed by atoms with van der Waals surface area (Å²) in [6.07, 6.45) is 1.73. The van der Waals surface area contributed by atoms with Crippen LogP contribution in [0.5, 0.6) is 0 Å². The molecule has 6 nitrogen and oxygen atoms in total. The Bertz CT molecular complexity index is 677. The van der Waals surface area contributed by atoms with E-state index in [0.717, 1.165) is 0 Å². The molecule has 0 spiro atoms. The number of H-pyrrole nitrogens is 1. The van der Waals surface area contributed by atoms with Gasteiger partial charge in [0.2, 0.25) is 0 Å². The van der Waals surface area contributed by atoms with Crippen LogP contribution in [0.15, 0.2) is 42.6 Å². The highest BCUT2D eigenvalue weighted by atomic mass is 35.5. The van der Waals surface area contributed by atoms with Crippen molar-refractivity contribution in [2.45, 2.75) is 0 Å². The van der Waals surface area contributed by atoms with E-state index in [2.05, 4.69) is 10.3 Å². The fraction of sp³-hybridized carbons (Fsp3) is 0.250. The molecule has 1 aliphatic rings. The fourth-order valence-corrected chi connectivity index (χ4v) is 2.61.